The summed E-state index contributed by atoms with van der Waals surface area (Å²) in [6.45, 7) is 0.575. The molecule has 2 heterocycles. The number of nitrogens with two attached hydrogens (primary N) is 2. The molecule has 68 valence electrons. The molecule has 1 aromatic heterocycles. The minimum absolute atomic E-state index is 0.475. The molecule has 0 unspecified atom stereocenters. The quantitative estimate of drug-likeness (QED) is 0.591. The van der Waals surface area contributed by atoms with Crippen molar-refractivity contribution in [2.75, 3.05) is 17.2 Å². The monoisotopic (exact) mass is 178 g/mol. The number of amides is 2. The molecule has 0 bridgehead atoms. The fourth-order valence-electron chi connectivity index (χ4n) is 1.53. The topological polar surface area (TPSA) is 85.2 Å². The largest absolute Gasteiger partial charge is 0.398 e. The fourth-order valence-corrected chi connectivity index (χ4v) is 1.53. The van der Waals surface area contributed by atoms with Gasteiger partial charge in [0.2, 0.25) is 0 Å². The highest BCUT2D eigenvalue weighted by Gasteiger charge is 2.25. The van der Waals surface area contributed by atoms with E-state index in [2.05, 4.69) is 4.98 Å². The van der Waals surface area contributed by atoms with Crippen molar-refractivity contribution in [3.05, 3.63) is 17.8 Å². The molecule has 0 aromatic carbocycles. The number of hydrogen-bond donors (Lipinski definition) is 2. The number of carbonyl (C=O) groups is 1. The summed E-state index contributed by atoms with van der Waals surface area (Å²) < 4.78 is 0. The first-order valence-corrected chi connectivity index (χ1v) is 4.00. The second-order valence-corrected chi connectivity index (χ2v) is 2.94. The van der Waals surface area contributed by atoms with Crippen molar-refractivity contribution in [2.45, 2.75) is 6.42 Å². The van der Waals surface area contributed by atoms with Crippen molar-refractivity contribution < 1.29 is 4.79 Å². The molecular formula is C8H10N4O. The van der Waals surface area contributed by atoms with Gasteiger partial charge in [0.1, 0.15) is 5.82 Å². The van der Waals surface area contributed by atoms with Crippen LogP contribution in [0.3, 0.4) is 0 Å². The zero-order chi connectivity index (χ0) is 9.42. The maximum Gasteiger partial charge on any atom is 0.320 e. The molecule has 2 amide bonds. The zero-order valence-corrected chi connectivity index (χ0v) is 7.03. The van der Waals surface area contributed by atoms with Crippen LogP contribution in [0.2, 0.25) is 0 Å². The molecule has 1 aliphatic rings. The van der Waals surface area contributed by atoms with Crippen molar-refractivity contribution in [3.8, 4) is 0 Å². The maximum absolute atomic E-state index is 10.9. The maximum atomic E-state index is 10.9. The van der Waals surface area contributed by atoms with E-state index in [1.807, 2.05) is 0 Å². The number of fused-ring (bicyclic) bond motifs is 1. The average Bonchev–Trinajstić information content (AvgIpc) is 2.48. The Morgan fingerprint density at radius 2 is 2.38 bits per heavy atom. The van der Waals surface area contributed by atoms with E-state index in [1.165, 1.54) is 4.90 Å². The van der Waals surface area contributed by atoms with Crippen LogP contribution in [0.1, 0.15) is 5.56 Å². The fraction of sp³-hybridized carbons (Fsp3) is 0.250. The van der Waals surface area contributed by atoms with Crippen LogP contribution >= 0.6 is 0 Å². The third-order valence-electron chi connectivity index (χ3n) is 2.18. The number of anilines is 2. The van der Waals surface area contributed by atoms with Crippen LogP contribution in [-0.2, 0) is 6.42 Å². The highest BCUT2D eigenvalue weighted by molar-refractivity contribution is 5.92. The number of hydrogen-bond acceptors (Lipinski definition) is 3. The van der Waals surface area contributed by atoms with Gasteiger partial charge in [0.05, 0.1) is 0 Å². The van der Waals surface area contributed by atoms with E-state index in [1.54, 1.807) is 12.3 Å². The lowest BCUT2D eigenvalue weighted by molar-refractivity contribution is 0.254. The zero-order valence-electron chi connectivity index (χ0n) is 7.03. The Labute approximate surface area is 75.3 Å². The Balaban J connectivity index is 2.49. The summed E-state index contributed by atoms with van der Waals surface area (Å²) in [4.78, 5) is 16.4. The minimum atomic E-state index is -0.475. The summed E-state index contributed by atoms with van der Waals surface area (Å²) in [5.74, 6) is 0.604. The molecule has 13 heavy (non-hydrogen) atoms. The third kappa shape index (κ3) is 1.09. The molecule has 4 N–H and O–H groups in total. The summed E-state index contributed by atoms with van der Waals surface area (Å²) in [5.41, 5.74) is 12.5. The van der Waals surface area contributed by atoms with Crippen molar-refractivity contribution in [1.82, 2.24) is 4.98 Å². The average molecular weight is 178 g/mol. The molecule has 0 spiro atoms. The molecule has 0 saturated heterocycles. The first-order valence-electron chi connectivity index (χ1n) is 4.00. The van der Waals surface area contributed by atoms with E-state index in [0.717, 1.165) is 12.0 Å². The Bertz CT molecular complexity index is 363. The van der Waals surface area contributed by atoms with Crippen LogP contribution in [0.15, 0.2) is 12.3 Å². The van der Waals surface area contributed by atoms with Crippen molar-refractivity contribution in [3.63, 3.8) is 0 Å². The predicted molar refractivity (Wildman–Crippen MR) is 49.3 cm³/mol. The van der Waals surface area contributed by atoms with Gasteiger partial charge in [-0.1, -0.05) is 0 Å². The number of rotatable bonds is 0. The third-order valence-corrected chi connectivity index (χ3v) is 2.18. The molecule has 0 atom stereocenters. The number of urea groups is 1. The smallest absolute Gasteiger partial charge is 0.320 e. The summed E-state index contributed by atoms with van der Waals surface area (Å²) in [7, 11) is 0. The number of aromatic nitrogens is 1. The summed E-state index contributed by atoms with van der Waals surface area (Å²) >= 11 is 0. The van der Waals surface area contributed by atoms with Crippen molar-refractivity contribution >= 4 is 17.5 Å². The van der Waals surface area contributed by atoms with Gasteiger partial charge >= 0.3 is 6.03 Å². The molecule has 0 fully saturated rings. The van der Waals surface area contributed by atoms with Crippen LogP contribution in [0.5, 0.6) is 0 Å². The summed E-state index contributed by atoms with van der Waals surface area (Å²) in [6, 6.07) is 1.25. The lowest BCUT2D eigenvalue weighted by atomic mass is 10.2. The van der Waals surface area contributed by atoms with Crippen LogP contribution < -0.4 is 16.4 Å². The van der Waals surface area contributed by atoms with Crippen LogP contribution in [-0.4, -0.2) is 17.6 Å². The van der Waals surface area contributed by atoms with Gasteiger partial charge in [-0.05, 0) is 12.5 Å². The summed E-state index contributed by atoms with van der Waals surface area (Å²) in [5, 5.41) is 0. The molecule has 0 aliphatic carbocycles. The Morgan fingerprint density at radius 3 is 3.08 bits per heavy atom. The standard InChI is InChI=1S/C8H10N4O/c9-6-1-3-11-7-5(6)2-4-12(7)8(10)13/h1,3H,2,4H2,(H2,9,11)(H2,10,13). The second-order valence-electron chi connectivity index (χ2n) is 2.94. The van der Waals surface area contributed by atoms with Crippen LogP contribution in [0.25, 0.3) is 0 Å². The highest BCUT2D eigenvalue weighted by Crippen LogP contribution is 2.29. The van der Waals surface area contributed by atoms with E-state index >= 15 is 0 Å². The van der Waals surface area contributed by atoms with Gasteiger partial charge in [-0.15, -0.1) is 0 Å². The molecule has 5 heteroatoms. The molecule has 1 aliphatic heterocycles. The van der Waals surface area contributed by atoms with Crippen LogP contribution in [0, 0.1) is 0 Å². The van der Waals surface area contributed by atoms with E-state index in [-0.39, 0.29) is 0 Å². The highest BCUT2D eigenvalue weighted by atomic mass is 16.2. The van der Waals surface area contributed by atoms with Gasteiger partial charge in [-0.3, -0.25) is 4.90 Å². The lowest BCUT2D eigenvalue weighted by Gasteiger charge is -2.12. The van der Waals surface area contributed by atoms with Crippen molar-refractivity contribution in [2.24, 2.45) is 5.73 Å². The second kappa shape index (κ2) is 2.62. The Kier molecular flexibility index (Phi) is 1.58. The Hall–Kier alpha value is -1.78. The summed E-state index contributed by atoms with van der Waals surface area (Å²) in [6.07, 6.45) is 2.31. The van der Waals surface area contributed by atoms with Gasteiger partial charge in [-0.2, -0.15) is 0 Å². The van der Waals surface area contributed by atoms with E-state index in [9.17, 15) is 4.79 Å². The number of nitrogens with zero attached hydrogens (tertiary/aromatic N) is 2. The molecule has 1 aromatic rings. The van der Waals surface area contributed by atoms with Gasteiger partial charge in [0, 0.05) is 24.0 Å². The number of primary amides is 1. The van der Waals surface area contributed by atoms with Gasteiger partial charge in [0.15, 0.2) is 0 Å². The molecular weight excluding hydrogens is 168 g/mol. The molecule has 0 radical (unpaired) electrons. The normalized spacial score (nSPS) is 14.3. The van der Waals surface area contributed by atoms with Gasteiger partial charge in [-0.25, -0.2) is 9.78 Å². The number of nitrogen functional groups attached to an aromatic ring is 1. The van der Waals surface area contributed by atoms with E-state index < -0.39 is 6.03 Å². The first kappa shape index (κ1) is 7.85. The first-order chi connectivity index (χ1) is 6.20. The van der Waals surface area contributed by atoms with Crippen LogP contribution in [0.4, 0.5) is 16.3 Å². The molecule has 5 nitrogen and oxygen atoms in total. The number of carbonyl (C=O) groups excluding carboxylic acids is 1. The minimum Gasteiger partial charge on any atom is -0.398 e. The molecule has 2 rings (SSSR count). The van der Waals surface area contributed by atoms with E-state index in [0.29, 0.717) is 18.1 Å². The Morgan fingerprint density at radius 1 is 1.62 bits per heavy atom. The van der Waals surface area contributed by atoms with Gasteiger partial charge < -0.3 is 11.5 Å². The van der Waals surface area contributed by atoms with E-state index in [4.69, 9.17) is 11.5 Å². The number of pyridine rings is 1. The van der Waals surface area contributed by atoms with Crippen molar-refractivity contribution in [1.29, 1.82) is 0 Å². The molecule has 0 saturated carbocycles. The van der Waals surface area contributed by atoms with Gasteiger partial charge in [0.25, 0.3) is 0 Å². The lowest BCUT2D eigenvalue weighted by Crippen LogP contribution is -2.34. The predicted octanol–water partition coefficient (Wildman–Crippen LogP) is 0.105. The SMILES string of the molecule is NC(=O)N1CCc2c(N)ccnc21.